The number of rotatable bonds is 9. The Morgan fingerprint density at radius 3 is 2.62 bits per heavy atom. The maximum Gasteiger partial charge on any atom is 0.218 e. The number of nitrogens with one attached hydrogen (secondary N) is 1. The normalized spacial score (nSPS) is 12.7. The molecule has 0 bridgehead atoms. The number of halogens is 1. The molecule has 152 valence electrons. The van der Waals surface area contributed by atoms with Crippen molar-refractivity contribution in [1.29, 1.82) is 5.26 Å². The summed E-state index contributed by atoms with van der Waals surface area (Å²) in [5.41, 5.74) is 5.84. The summed E-state index contributed by atoms with van der Waals surface area (Å²) in [6.07, 6.45) is 0.644. The summed E-state index contributed by atoms with van der Waals surface area (Å²) in [5.74, 6) is -1.61. The van der Waals surface area contributed by atoms with Crippen molar-refractivity contribution in [3.8, 4) is 11.8 Å². The van der Waals surface area contributed by atoms with Crippen molar-refractivity contribution in [3.63, 3.8) is 0 Å². The number of ketones is 1. The van der Waals surface area contributed by atoms with Crippen LogP contribution >= 0.6 is 0 Å². The van der Waals surface area contributed by atoms with Gasteiger partial charge in [-0.3, -0.25) is 9.59 Å². The van der Waals surface area contributed by atoms with E-state index in [0.29, 0.717) is 17.5 Å². The fraction of sp³-hybridized carbons (Fsp3) is 0.318. The first kappa shape index (κ1) is 22.1. The summed E-state index contributed by atoms with van der Waals surface area (Å²) < 4.78 is 20.7. The molecule has 2 aromatic rings. The molecular weight excluding hydrogens is 373 g/mol. The molecule has 2 atom stereocenters. The molecule has 0 radical (unpaired) electrons. The van der Waals surface area contributed by atoms with Gasteiger partial charge < -0.3 is 15.8 Å². The van der Waals surface area contributed by atoms with Crippen LogP contribution in [0.2, 0.25) is 0 Å². The predicted octanol–water partition coefficient (Wildman–Crippen LogP) is 3.24. The molecule has 0 aliphatic rings. The van der Waals surface area contributed by atoms with E-state index in [2.05, 4.69) is 5.32 Å². The van der Waals surface area contributed by atoms with Gasteiger partial charge in [0.05, 0.1) is 18.7 Å². The van der Waals surface area contributed by atoms with Crippen LogP contribution in [0, 0.1) is 17.1 Å². The predicted molar refractivity (Wildman–Crippen MR) is 107 cm³/mol. The highest BCUT2D eigenvalue weighted by atomic mass is 19.1. The number of hydrogen-bond donors (Lipinski definition) is 2. The molecule has 2 aromatic carbocycles. The maximum atomic E-state index is 15.5. The van der Waals surface area contributed by atoms with Gasteiger partial charge in [0.1, 0.15) is 17.1 Å². The van der Waals surface area contributed by atoms with Crippen molar-refractivity contribution in [2.75, 3.05) is 7.11 Å². The minimum absolute atomic E-state index is 0.110. The zero-order valence-corrected chi connectivity index (χ0v) is 16.7. The number of methoxy groups -OCH3 is 1. The average Bonchev–Trinajstić information content (AvgIpc) is 2.71. The Kier molecular flexibility index (Phi) is 7.46. The highest BCUT2D eigenvalue weighted by Gasteiger charge is 2.26. The number of benzene rings is 2. The van der Waals surface area contributed by atoms with Gasteiger partial charge in [0, 0.05) is 29.6 Å². The summed E-state index contributed by atoms with van der Waals surface area (Å²) in [5, 5.41) is 12.2. The average molecular weight is 397 g/mol. The van der Waals surface area contributed by atoms with Gasteiger partial charge in [-0.15, -0.1) is 0 Å². The third-order valence-corrected chi connectivity index (χ3v) is 4.61. The molecule has 0 unspecified atom stereocenters. The second-order valence-corrected chi connectivity index (χ2v) is 6.77. The topological polar surface area (TPSA) is 105 Å². The Labute approximate surface area is 169 Å². The number of primary amides is 1. The van der Waals surface area contributed by atoms with E-state index < -0.39 is 23.5 Å². The van der Waals surface area contributed by atoms with Crippen LogP contribution in [0.5, 0.6) is 5.75 Å². The lowest BCUT2D eigenvalue weighted by Crippen LogP contribution is -2.34. The van der Waals surface area contributed by atoms with Gasteiger partial charge in [-0.2, -0.15) is 5.26 Å². The molecule has 0 spiro atoms. The van der Waals surface area contributed by atoms with Crippen molar-refractivity contribution >= 4 is 11.7 Å². The fourth-order valence-electron chi connectivity index (χ4n) is 3.23. The lowest BCUT2D eigenvalue weighted by Gasteiger charge is -2.24. The Balaban J connectivity index is 2.48. The van der Waals surface area contributed by atoms with E-state index in [0.717, 1.165) is 0 Å². The Morgan fingerprint density at radius 1 is 1.31 bits per heavy atom. The quantitative estimate of drug-likeness (QED) is 0.632. The van der Waals surface area contributed by atoms with Crippen LogP contribution in [0.1, 0.15) is 59.8 Å². The standard InChI is InChI=1S/C22H24FN3O3/c1-4-17(26-13(2)10-19(25)27)16-8-9-18(29-3)20(21(16)23)22(28)15-7-5-6-14(11-15)12-24/h5-9,11,13,17,26H,4,10H2,1-3H3,(H2,25,27)/t13-,17+/m0/s1. The molecule has 0 aliphatic heterocycles. The summed E-state index contributed by atoms with van der Waals surface area (Å²) in [6, 6.07) is 10.5. The smallest absolute Gasteiger partial charge is 0.218 e. The summed E-state index contributed by atoms with van der Waals surface area (Å²) >= 11 is 0. The molecule has 7 heteroatoms. The second kappa shape index (κ2) is 9.80. The van der Waals surface area contributed by atoms with Gasteiger partial charge in [-0.05, 0) is 31.5 Å². The number of hydrogen-bond acceptors (Lipinski definition) is 5. The SMILES string of the molecule is CC[C@@H](N[C@@H](C)CC(N)=O)c1ccc(OC)c(C(=O)c2cccc(C#N)c2)c1F. The van der Waals surface area contributed by atoms with E-state index in [1.807, 2.05) is 13.0 Å². The van der Waals surface area contributed by atoms with Crippen LogP contribution < -0.4 is 15.8 Å². The van der Waals surface area contributed by atoms with Crippen molar-refractivity contribution < 1.29 is 18.7 Å². The van der Waals surface area contributed by atoms with Crippen molar-refractivity contribution in [1.82, 2.24) is 5.32 Å². The number of nitrogens with two attached hydrogens (primary N) is 1. The lowest BCUT2D eigenvalue weighted by atomic mass is 9.94. The minimum atomic E-state index is -0.692. The highest BCUT2D eigenvalue weighted by Crippen LogP contribution is 2.31. The van der Waals surface area contributed by atoms with Crippen molar-refractivity contribution in [2.24, 2.45) is 5.73 Å². The van der Waals surface area contributed by atoms with E-state index in [9.17, 15) is 9.59 Å². The zero-order valence-electron chi connectivity index (χ0n) is 16.7. The number of nitrogens with zero attached hydrogens (tertiary/aromatic N) is 1. The first-order chi connectivity index (χ1) is 13.8. The van der Waals surface area contributed by atoms with Gasteiger partial charge >= 0.3 is 0 Å². The molecule has 0 fully saturated rings. The number of carbonyl (C=O) groups excluding carboxylic acids is 2. The van der Waals surface area contributed by atoms with Crippen LogP contribution in [0.3, 0.4) is 0 Å². The molecule has 2 rings (SSSR count). The number of ether oxygens (including phenoxy) is 1. The van der Waals surface area contributed by atoms with E-state index in [1.54, 1.807) is 31.2 Å². The molecular formula is C22H24FN3O3. The molecule has 1 amide bonds. The third-order valence-electron chi connectivity index (χ3n) is 4.61. The van der Waals surface area contributed by atoms with Crippen LogP contribution in [-0.4, -0.2) is 24.8 Å². The molecule has 3 N–H and O–H groups in total. The van der Waals surface area contributed by atoms with Crippen molar-refractivity contribution in [3.05, 3.63) is 64.5 Å². The van der Waals surface area contributed by atoms with Gasteiger partial charge in [0.25, 0.3) is 0 Å². The Morgan fingerprint density at radius 2 is 2.03 bits per heavy atom. The van der Waals surface area contributed by atoms with E-state index in [4.69, 9.17) is 15.7 Å². The highest BCUT2D eigenvalue weighted by molar-refractivity contribution is 6.11. The van der Waals surface area contributed by atoms with Crippen LogP contribution in [0.15, 0.2) is 36.4 Å². The molecule has 29 heavy (non-hydrogen) atoms. The fourth-order valence-corrected chi connectivity index (χ4v) is 3.23. The second-order valence-electron chi connectivity index (χ2n) is 6.77. The first-order valence-corrected chi connectivity index (χ1v) is 9.27. The van der Waals surface area contributed by atoms with Gasteiger partial charge in [0.15, 0.2) is 5.78 Å². The summed E-state index contributed by atoms with van der Waals surface area (Å²) in [7, 11) is 1.36. The number of nitriles is 1. The summed E-state index contributed by atoms with van der Waals surface area (Å²) in [4.78, 5) is 24.2. The molecule has 0 aliphatic carbocycles. The van der Waals surface area contributed by atoms with Crippen molar-refractivity contribution in [2.45, 2.75) is 38.8 Å². The van der Waals surface area contributed by atoms with Crippen LogP contribution in [0.4, 0.5) is 4.39 Å². The first-order valence-electron chi connectivity index (χ1n) is 9.27. The van der Waals surface area contributed by atoms with Crippen LogP contribution in [-0.2, 0) is 4.79 Å². The Bertz CT molecular complexity index is 953. The van der Waals surface area contributed by atoms with E-state index in [1.165, 1.54) is 19.2 Å². The monoisotopic (exact) mass is 397 g/mol. The van der Waals surface area contributed by atoms with Crippen LogP contribution in [0.25, 0.3) is 0 Å². The van der Waals surface area contributed by atoms with E-state index in [-0.39, 0.29) is 29.3 Å². The molecule has 0 saturated carbocycles. The maximum absolute atomic E-state index is 15.5. The third kappa shape index (κ3) is 5.18. The minimum Gasteiger partial charge on any atom is -0.496 e. The molecule has 6 nitrogen and oxygen atoms in total. The molecule has 0 aromatic heterocycles. The van der Waals surface area contributed by atoms with Gasteiger partial charge in [-0.25, -0.2) is 4.39 Å². The Hall–Kier alpha value is -3.24. The number of amides is 1. The lowest BCUT2D eigenvalue weighted by molar-refractivity contribution is -0.118. The molecule has 0 heterocycles. The van der Waals surface area contributed by atoms with E-state index >= 15 is 4.39 Å². The van der Waals surface area contributed by atoms with Gasteiger partial charge in [-0.1, -0.05) is 25.1 Å². The zero-order chi connectivity index (χ0) is 21.6. The number of carbonyl (C=O) groups is 2. The summed E-state index contributed by atoms with van der Waals surface area (Å²) in [6.45, 7) is 3.66. The van der Waals surface area contributed by atoms with Gasteiger partial charge in [0.2, 0.25) is 5.91 Å². The largest absolute Gasteiger partial charge is 0.496 e. The molecule has 0 saturated heterocycles.